The normalized spacial score (nSPS) is 12.5. The molecule has 0 fully saturated rings. The molecule has 0 aliphatic rings. The second-order valence-corrected chi connectivity index (χ2v) is 5.42. The summed E-state index contributed by atoms with van der Waals surface area (Å²) >= 11 is 0. The lowest BCUT2D eigenvalue weighted by atomic mass is 9.92. The number of benzene rings is 1. The molecule has 2 nitrogen and oxygen atoms in total. The van der Waals surface area contributed by atoms with Gasteiger partial charge in [0.1, 0.15) is 0 Å². The summed E-state index contributed by atoms with van der Waals surface area (Å²) in [5, 5.41) is 0. The molecule has 0 aliphatic carbocycles. The van der Waals surface area contributed by atoms with Gasteiger partial charge in [0.2, 0.25) is 0 Å². The van der Waals surface area contributed by atoms with Gasteiger partial charge < -0.3 is 5.73 Å². The van der Waals surface area contributed by atoms with E-state index in [0.29, 0.717) is 0 Å². The van der Waals surface area contributed by atoms with E-state index in [1.165, 1.54) is 22.3 Å². The van der Waals surface area contributed by atoms with Crippen LogP contribution >= 0.6 is 0 Å². The van der Waals surface area contributed by atoms with E-state index in [1.54, 1.807) is 0 Å². The van der Waals surface area contributed by atoms with Crippen molar-refractivity contribution in [3.63, 3.8) is 0 Å². The van der Waals surface area contributed by atoms with Crippen LogP contribution in [-0.4, -0.2) is 4.98 Å². The summed E-state index contributed by atoms with van der Waals surface area (Å²) in [6.07, 6.45) is 2.75. The van der Waals surface area contributed by atoms with E-state index < -0.39 is 0 Å². The highest BCUT2D eigenvalue weighted by Gasteiger charge is 2.11. The number of rotatable bonds is 3. The highest BCUT2D eigenvalue weighted by atomic mass is 14.7. The Kier molecular flexibility index (Phi) is 4.01. The summed E-state index contributed by atoms with van der Waals surface area (Å²) in [6.45, 7) is 8.45. The minimum absolute atomic E-state index is 0.00760. The maximum atomic E-state index is 6.31. The summed E-state index contributed by atoms with van der Waals surface area (Å²) in [5.74, 6) is 0. The third-order valence-corrected chi connectivity index (χ3v) is 3.63. The molecule has 1 heterocycles. The zero-order valence-corrected chi connectivity index (χ0v) is 12.2. The molecule has 19 heavy (non-hydrogen) atoms. The van der Waals surface area contributed by atoms with Crippen LogP contribution in [0.1, 0.15) is 39.6 Å². The predicted octanol–water partition coefficient (Wildman–Crippen LogP) is 3.56. The van der Waals surface area contributed by atoms with Crippen LogP contribution in [0.2, 0.25) is 0 Å². The molecule has 0 radical (unpaired) electrons. The first-order valence-electron chi connectivity index (χ1n) is 6.72. The zero-order chi connectivity index (χ0) is 14.0. The summed E-state index contributed by atoms with van der Waals surface area (Å²) in [4.78, 5) is 4.32. The topological polar surface area (TPSA) is 38.9 Å². The average Bonchev–Trinajstić information content (AvgIpc) is 2.34. The first kappa shape index (κ1) is 13.8. The Bertz CT molecular complexity index is 547. The zero-order valence-electron chi connectivity index (χ0n) is 12.2. The maximum Gasteiger partial charge on any atom is 0.0372 e. The third-order valence-electron chi connectivity index (χ3n) is 3.63. The molecule has 2 rings (SSSR count). The van der Waals surface area contributed by atoms with Gasteiger partial charge in [-0.2, -0.15) is 0 Å². The van der Waals surface area contributed by atoms with Crippen molar-refractivity contribution in [3.8, 4) is 0 Å². The van der Waals surface area contributed by atoms with Gasteiger partial charge in [0.15, 0.2) is 0 Å². The molecular formula is C17H22N2. The molecule has 0 spiro atoms. The van der Waals surface area contributed by atoms with Crippen molar-refractivity contribution in [2.24, 2.45) is 5.73 Å². The molecule has 0 bridgehead atoms. The molecule has 0 saturated carbocycles. The van der Waals surface area contributed by atoms with Crippen molar-refractivity contribution >= 4 is 0 Å². The first-order valence-corrected chi connectivity index (χ1v) is 6.72. The Morgan fingerprint density at radius 3 is 2.21 bits per heavy atom. The first-order chi connectivity index (χ1) is 8.97. The third kappa shape index (κ3) is 3.21. The van der Waals surface area contributed by atoms with E-state index >= 15 is 0 Å². The van der Waals surface area contributed by atoms with Crippen LogP contribution in [0.3, 0.4) is 0 Å². The van der Waals surface area contributed by atoms with Gasteiger partial charge in [-0.25, -0.2) is 0 Å². The minimum atomic E-state index is 0.00760. The summed E-state index contributed by atoms with van der Waals surface area (Å²) in [7, 11) is 0. The van der Waals surface area contributed by atoms with Gasteiger partial charge in [-0.05, 0) is 62.4 Å². The lowest BCUT2D eigenvalue weighted by molar-refractivity contribution is 0.710. The van der Waals surface area contributed by atoms with E-state index in [4.69, 9.17) is 5.73 Å². The molecular weight excluding hydrogens is 232 g/mol. The van der Waals surface area contributed by atoms with Crippen LogP contribution in [0, 0.1) is 27.7 Å². The van der Waals surface area contributed by atoms with E-state index in [2.05, 4.69) is 44.0 Å². The van der Waals surface area contributed by atoms with Crippen LogP contribution in [0.4, 0.5) is 0 Å². The fourth-order valence-corrected chi connectivity index (χ4v) is 2.57. The van der Waals surface area contributed by atoms with Crippen LogP contribution in [0.15, 0.2) is 30.5 Å². The summed E-state index contributed by atoms with van der Waals surface area (Å²) in [5.41, 5.74) is 13.8. The van der Waals surface area contributed by atoms with Gasteiger partial charge in [-0.3, -0.25) is 4.98 Å². The Balaban J connectivity index is 2.24. The second kappa shape index (κ2) is 5.54. The maximum absolute atomic E-state index is 6.31. The van der Waals surface area contributed by atoms with Gasteiger partial charge in [0, 0.05) is 17.9 Å². The number of aromatic nitrogens is 1. The van der Waals surface area contributed by atoms with Crippen molar-refractivity contribution in [1.82, 2.24) is 4.98 Å². The lowest BCUT2D eigenvalue weighted by Gasteiger charge is -2.16. The van der Waals surface area contributed by atoms with E-state index in [1.807, 2.05) is 19.2 Å². The number of hydrogen-bond acceptors (Lipinski definition) is 2. The molecule has 1 atom stereocenters. The van der Waals surface area contributed by atoms with Crippen molar-refractivity contribution < 1.29 is 0 Å². The Hall–Kier alpha value is -1.67. The average molecular weight is 254 g/mol. The highest BCUT2D eigenvalue weighted by molar-refractivity contribution is 5.38. The van der Waals surface area contributed by atoms with Gasteiger partial charge in [-0.1, -0.05) is 23.8 Å². The van der Waals surface area contributed by atoms with Crippen LogP contribution in [0.25, 0.3) is 0 Å². The predicted molar refractivity (Wildman–Crippen MR) is 80.3 cm³/mol. The number of nitrogens with two attached hydrogens (primary N) is 1. The Labute approximate surface area is 115 Å². The SMILES string of the molecule is Cc1cc(C)c(CC(N)c2ccc(C)nc2)c(C)c1. The molecule has 2 N–H and O–H groups in total. The van der Waals surface area contributed by atoms with Crippen molar-refractivity contribution in [1.29, 1.82) is 0 Å². The standard InChI is InChI=1S/C17H22N2/c1-11-7-12(2)16(13(3)8-11)9-17(18)15-6-5-14(4)19-10-15/h5-8,10,17H,9,18H2,1-4H3. The van der Waals surface area contributed by atoms with Gasteiger partial charge in [0.05, 0.1) is 0 Å². The van der Waals surface area contributed by atoms with Crippen molar-refractivity contribution in [2.45, 2.75) is 40.2 Å². The quantitative estimate of drug-likeness (QED) is 0.909. The van der Waals surface area contributed by atoms with Crippen molar-refractivity contribution in [2.75, 3.05) is 0 Å². The Morgan fingerprint density at radius 2 is 1.68 bits per heavy atom. The van der Waals surface area contributed by atoms with Crippen LogP contribution in [-0.2, 0) is 6.42 Å². The van der Waals surface area contributed by atoms with Crippen LogP contribution < -0.4 is 5.73 Å². The molecule has 1 aromatic heterocycles. The number of nitrogens with zero attached hydrogens (tertiary/aromatic N) is 1. The van der Waals surface area contributed by atoms with Crippen molar-refractivity contribution in [3.05, 3.63) is 64.0 Å². The lowest BCUT2D eigenvalue weighted by Crippen LogP contribution is -2.15. The molecule has 0 aliphatic heterocycles. The number of pyridine rings is 1. The van der Waals surface area contributed by atoms with E-state index in [-0.39, 0.29) is 6.04 Å². The van der Waals surface area contributed by atoms with E-state index in [0.717, 1.165) is 17.7 Å². The Morgan fingerprint density at radius 1 is 1.05 bits per heavy atom. The van der Waals surface area contributed by atoms with Gasteiger partial charge >= 0.3 is 0 Å². The fraction of sp³-hybridized carbons (Fsp3) is 0.353. The number of hydrogen-bond donors (Lipinski definition) is 1. The van der Waals surface area contributed by atoms with E-state index in [9.17, 15) is 0 Å². The summed E-state index contributed by atoms with van der Waals surface area (Å²) < 4.78 is 0. The molecule has 2 aromatic rings. The summed E-state index contributed by atoms with van der Waals surface area (Å²) in [6, 6.07) is 8.55. The van der Waals surface area contributed by atoms with Crippen LogP contribution in [0.5, 0.6) is 0 Å². The minimum Gasteiger partial charge on any atom is -0.324 e. The molecule has 0 saturated heterocycles. The van der Waals surface area contributed by atoms with Gasteiger partial charge in [-0.15, -0.1) is 0 Å². The molecule has 2 heteroatoms. The largest absolute Gasteiger partial charge is 0.324 e. The molecule has 100 valence electrons. The highest BCUT2D eigenvalue weighted by Crippen LogP contribution is 2.22. The fourth-order valence-electron chi connectivity index (χ4n) is 2.57. The molecule has 1 aromatic carbocycles. The monoisotopic (exact) mass is 254 g/mol. The number of aryl methyl sites for hydroxylation is 4. The smallest absolute Gasteiger partial charge is 0.0372 e. The molecule has 0 amide bonds. The van der Waals surface area contributed by atoms with Gasteiger partial charge in [0.25, 0.3) is 0 Å². The second-order valence-electron chi connectivity index (χ2n) is 5.42. The molecule has 1 unspecified atom stereocenters.